The van der Waals surface area contributed by atoms with Crippen LogP contribution in [-0.2, 0) is 14.8 Å². The summed E-state index contributed by atoms with van der Waals surface area (Å²) in [4.78, 5) is 19.9. The Bertz CT molecular complexity index is 1040. The number of hydrogen-bond acceptors (Lipinski definition) is 5. The lowest BCUT2D eigenvalue weighted by Crippen LogP contribution is -2.37. The number of pyridine rings is 1. The Morgan fingerprint density at radius 1 is 1.19 bits per heavy atom. The number of piperidine rings is 1. The largest absolute Gasteiger partial charge is 0.446 e. The van der Waals surface area contributed by atoms with Crippen LogP contribution in [0.5, 0.6) is 0 Å². The number of aromatic amines is 1. The highest BCUT2D eigenvalue weighted by molar-refractivity contribution is 7.88. The summed E-state index contributed by atoms with van der Waals surface area (Å²) in [6, 6.07) is 4.42. The molecule has 0 unspecified atom stereocenters. The van der Waals surface area contributed by atoms with Crippen molar-refractivity contribution in [2.24, 2.45) is 0 Å². The first-order valence-corrected chi connectivity index (χ1v) is 12.9. The van der Waals surface area contributed by atoms with E-state index in [0.717, 1.165) is 48.8 Å². The van der Waals surface area contributed by atoms with Gasteiger partial charge in [-0.2, -0.15) is 0 Å². The fourth-order valence-corrected chi connectivity index (χ4v) is 5.64. The molecule has 31 heavy (non-hydrogen) atoms. The molecule has 2 aliphatic rings. The smallest absolute Gasteiger partial charge is 0.407 e. The SMILES string of the molecule is CC(C)NC(=O)O[C@@H]1CC[C@H](c2cnc3[nH]c(C4CCN(S(C)(=O)=O)CC4)cc3c2)C1. The number of sulfonamides is 1. The zero-order valence-electron chi connectivity index (χ0n) is 18.4. The third-order valence-electron chi connectivity index (χ3n) is 6.41. The average Bonchev–Trinajstić information content (AvgIpc) is 3.33. The number of carbonyl (C=O) groups is 1. The topological polar surface area (TPSA) is 104 Å². The van der Waals surface area contributed by atoms with Gasteiger partial charge in [-0.05, 0) is 69.6 Å². The van der Waals surface area contributed by atoms with E-state index in [1.165, 1.54) is 11.8 Å². The van der Waals surface area contributed by atoms with E-state index >= 15 is 0 Å². The number of ether oxygens (including phenoxy) is 1. The lowest BCUT2D eigenvalue weighted by molar-refractivity contribution is 0.0982. The molecule has 0 spiro atoms. The number of nitrogens with zero attached hydrogens (tertiary/aromatic N) is 2. The first-order chi connectivity index (χ1) is 14.7. The van der Waals surface area contributed by atoms with Crippen LogP contribution < -0.4 is 5.32 Å². The molecule has 2 N–H and O–H groups in total. The third-order valence-corrected chi connectivity index (χ3v) is 7.71. The molecule has 0 bridgehead atoms. The summed E-state index contributed by atoms with van der Waals surface area (Å²) >= 11 is 0. The molecular formula is C22H32N4O4S. The third kappa shape index (κ3) is 5.20. The fraction of sp³-hybridized carbons (Fsp3) is 0.636. The van der Waals surface area contributed by atoms with Gasteiger partial charge in [-0.25, -0.2) is 22.5 Å². The summed E-state index contributed by atoms with van der Waals surface area (Å²) in [6.07, 6.45) is 7.10. The molecule has 1 saturated heterocycles. The van der Waals surface area contributed by atoms with E-state index in [1.807, 2.05) is 20.0 Å². The fourth-order valence-electron chi connectivity index (χ4n) is 4.77. The van der Waals surface area contributed by atoms with Crippen molar-refractivity contribution in [2.75, 3.05) is 19.3 Å². The number of nitrogens with one attached hydrogen (secondary N) is 2. The van der Waals surface area contributed by atoms with Gasteiger partial charge in [0.05, 0.1) is 6.26 Å². The molecule has 0 radical (unpaired) electrons. The van der Waals surface area contributed by atoms with E-state index in [-0.39, 0.29) is 18.2 Å². The van der Waals surface area contributed by atoms with Gasteiger partial charge in [-0.15, -0.1) is 0 Å². The molecule has 2 atom stereocenters. The number of alkyl carbamates (subject to hydrolysis) is 1. The zero-order chi connectivity index (χ0) is 22.2. The maximum absolute atomic E-state index is 11.9. The molecule has 9 heteroatoms. The van der Waals surface area contributed by atoms with E-state index < -0.39 is 10.0 Å². The number of fused-ring (bicyclic) bond motifs is 1. The van der Waals surface area contributed by atoms with Crippen molar-refractivity contribution >= 4 is 27.1 Å². The Balaban J connectivity index is 1.40. The van der Waals surface area contributed by atoms with Crippen LogP contribution in [0.25, 0.3) is 11.0 Å². The quantitative estimate of drug-likeness (QED) is 0.729. The molecule has 1 aliphatic carbocycles. The number of H-pyrrole nitrogens is 1. The van der Waals surface area contributed by atoms with Gasteiger partial charge in [0.1, 0.15) is 11.8 Å². The van der Waals surface area contributed by atoms with Crippen LogP contribution in [0, 0.1) is 0 Å². The maximum atomic E-state index is 11.9. The van der Waals surface area contributed by atoms with Crippen molar-refractivity contribution < 1.29 is 17.9 Å². The van der Waals surface area contributed by atoms with Gasteiger partial charge in [-0.3, -0.25) is 0 Å². The second kappa shape index (κ2) is 8.78. The first-order valence-electron chi connectivity index (χ1n) is 11.1. The Hall–Kier alpha value is -2.13. The monoisotopic (exact) mass is 448 g/mol. The molecule has 1 amide bonds. The molecule has 2 fully saturated rings. The van der Waals surface area contributed by atoms with Crippen molar-refractivity contribution in [3.63, 3.8) is 0 Å². The van der Waals surface area contributed by atoms with Crippen LogP contribution in [0.15, 0.2) is 18.3 Å². The molecular weight excluding hydrogens is 416 g/mol. The minimum absolute atomic E-state index is 0.0544. The molecule has 2 aromatic rings. The molecule has 4 rings (SSSR count). The lowest BCUT2D eigenvalue weighted by Gasteiger charge is -2.29. The predicted octanol–water partition coefficient (Wildman–Crippen LogP) is 3.47. The summed E-state index contributed by atoms with van der Waals surface area (Å²) in [7, 11) is -3.11. The van der Waals surface area contributed by atoms with Crippen LogP contribution in [-0.4, -0.2) is 60.3 Å². The second-order valence-electron chi connectivity index (χ2n) is 9.20. The van der Waals surface area contributed by atoms with Crippen LogP contribution >= 0.6 is 0 Å². The minimum atomic E-state index is -3.11. The second-order valence-corrected chi connectivity index (χ2v) is 11.2. The van der Waals surface area contributed by atoms with Crippen molar-refractivity contribution in [3.8, 4) is 0 Å². The molecule has 3 heterocycles. The predicted molar refractivity (Wildman–Crippen MR) is 120 cm³/mol. The highest BCUT2D eigenvalue weighted by Crippen LogP contribution is 2.37. The van der Waals surface area contributed by atoms with E-state index in [9.17, 15) is 13.2 Å². The van der Waals surface area contributed by atoms with Gasteiger partial charge < -0.3 is 15.0 Å². The van der Waals surface area contributed by atoms with Gasteiger partial charge in [0.2, 0.25) is 10.0 Å². The molecule has 1 saturated carbocycles. The minimum Gasteiger partial charge on any atom is -0.446 e. The van der Waals surface area contributed by atoms with Crippen LogP contribution in [0.1, 0.15) is 69.0 Å². The normalized spacial score (nSPS) is 23.5. The van der Waals surface area contributed by atoms with Gasteiger partial charge in [0, 0.05) is 42.3 Å². The van der Waals surface area contributed by atoms with Crippen molar-refractivity contribution in [2.45, 2.75) is 69.9 Å². The molecule has 2 aromatic heterocycles. The van der Waals surface area contributed by atoms with E-state index in [4.69, 9.17) is 4.74 Å². The Morgan fingerprint density at radius 3 is 2.61 bits per heavy atom. The standard InChI is InChI=1S/C22H32N4O4S/c1-14(2)24-22(27)30-19-5-4-16(11-19)18-10-17-12-20(25-21(17)23-13-18)15-6-8-26(9-7-15)31(3,28)29/h10,12-16,19H,4-9,11H2,1-3H3,(H,23,25)(H,24,27)/t16-,19+/m0/s1. The van der Waals surface area contributed by atoms with Gasteiger partial charge in [0.25, 0.3) is 0 Å². The summed E-state index contributed by atoms with van der Waals surface area (Å²) < 4.78 is 30.6. The van der Waals surface area contributed by atoms with Gasteiger partial charge in [0.15, 0.2) is 0 Å². The van der Waals surface area contributed by atoms with Crippen molar-refractivity contribution in [1.29, 1.82) is 0 Å². The Morgan fingerprint density at radius 2 is 1.94 bits per heavy atom. The van der Waals surface area contributed by atoms with Crippen LogP contribution in [0.2, 0.25) is 0 Å². The van der Waals surface area contributed by atoms with Crippen molar-refractivity contribution in [3.05, 3.63) is 29.6 Å². The van der Waals surface area contributed by atoms with E-state index in [1.54, 1.807) is 4.31 Å². The summed E-state index contributed by atoms with van der Waals surface area (Å²) in [5, 5.41) is 3.86. The number of amides is 1. The number of hydrogen-bond donors (Lipinski definition) is 2. The summed E-state index contributed by atoms with van der Waals surface area (Å²) in [5.41, 5.74) is 3.18. The maximum Gasteiger partial charge on any atom is 0.407 e. The van der Waals surface area contributed by atoms with E-state index in [0.29, 0.717) is 24.9 Å². The Labute approximate surface area is 183 Å². The van der Waals surface area contributed by atoms with Gasteiger partial charge in [-0.1, -0.05) is 0 Å². The first kappa shape index (κ1) is 22.1. The summed E-state index contributed by atoms with van der Waals surface area (Å²) in [6.45, 7) is 4.95. The number of aromatic nitrogens is 2. The van der Waals surface area contributed by atoms with Crippen LogP contribution in [0.4, 0.5) is 4.79 Å². The molecule has 0 aromatic carbocycles. The molecule has 8 nitrogen and oxygen atoms in total. The Kier molecular flexibility index (Phi) is 6.25. The zero-order valence-corrected chi connectivity index (χ0v) is 19.2. The van der Waals surface area contributed by atoms with Crippen LogP contribution in [0.3, 0.4) is 0 Å². The number of rotatable bonds is 5. The molecule has 170 valence electrons. The average molecular weight is 449 g/mol. The highest BCUT2D eigenvalue weighted by atomic mass is 32.2. The lowest BCUT2D eigenvalue weighted by atomic mass is 9.94. The molecule has 1 aliphatic heterocycles. The van der Waals surface area contributed by atoms with Crippen molar-refractivity contribution in [1.82, 2.24) is 19.6 Å². The highest BCUT2D eigenvalue weighted by Gasteiger charge is 2.30. The number of carbonyl (C=O) groups excluding carboxylic acids is 1. The summed E-state index contributed by atoms with van der Waals surface area (Å²) in [5.74, 6) is 0.657. The van der Waals surface area contributed by atoms with Gasteiger partial charge >= 0.3 is 6.09 Å². The van der Waals surface area contributed by atoms with E-state index in [2.05, 4.69) is 27.4 Å².